The van der Waals surface area contributed by atoms with Crippen molar-refractivity contribution in [3.05, 3.63) is 11.8 Å². The van der Waals surface area contributed by atoms with E-state index in [1.165, 1.54) is 0 Å². The molecule has 0 bridgehead atoms. The van der Waals surface area contributed by atoms with E-state index in [4.69, 9.17) is 4.74 Å². The van der Waals surface area contributed by atoms with E-state index < -0.39 is 0 Å². The van der Waals surface area contributed by atoms with Crippen LogP contribution in [0, 0.1) is 12.8 Å². The van der Waals surface area contributed by atoms with Gasteiger partial charge in [0.2, 0.25) is 11.9 Å². The molecular formula is C15H25N5O2. The summed E-state index contributed by atoms with van der Waals surface area (Å²) in [6.07, 6.45) is 0. The first-order valence-electron chi connectivity index (χ1n) is 7.76. The summed E-state index contributed by atoms with van der Waals surface area (Å²) in [5.74, 6) is 1.58. The molecule has 1 aliphatic heterocycles. The van der Waals surface area contributed by atoms with Crippen LogP contribution in [-0.4, -0.2) is 55.3 Å². The molecule has 22 heavy (non-hydrogen) atoms. The zero-order chi connectivity index (χ0) is 15.9. The highest BCUT2D eigenvalue weighted by molar-refractivity contribution is 5.77. The van der Waals surface area contributed by atoms with Gasteiger partial charge in [0, 0.05) is 43.9 Å². The van der Waals surface area contributed by atoms with Crippen molar-refractivity contribution in [2.75, 3.05) is 49.6 Å². The second kappa shape index (κ2) is 7.93. The molecule has 2 heterocycles. The van der Waals surface area contributed by atoms with Crippen molar-refractivity contribution in [3.8, 4) is 0 Å². The molecule has 1 saturated heterocycles. The second-order valence-electron chi connectivity index (χ2n) is 5.66. The topological polar surface area (TPSA) is 79.4 Å². The molecule has 0 unspecified atom stereocenters. The second-order valence-corrected chi connectivity index (χ2v) is 5.66. The van der Waals surface area contributed by atoms with Crippen molar-refractivity contribution in [2.45, 2.75) is 20.8 Å². The fourth-order valence-electron chi connectivity index (χ4n) is 2.15. The lowest BCUT2D eigenvalue weighted by Gasteiger charge is -2.28. The zero-order valence-electron chi connectivity index (χ0n) is 13.6. The average molecular weight is 307 g/mol. The number of hydrogen-bond donors (Lipinski definition) is 2. The zero-order valence-corrected chi connectivity index (χ0v) is 13.6. The van der Waals surface area contributed by atoms with Gasteiger partial charge in [0.1, 0.15) is 5.82 Å². The number of nitrogens with zero attached hydrogens (tertiary/aromatic N) is 3. The molecular weight excluding hydrogens is 282 g/mol. The molecule has 0 atom stereocenters. The highest BCUT2D eigenvalue weighted by Crippen LogP contribution is 2.15. The minimum absolute atomic E-state index is 0.00291. The molecule has 7 nitrogen and oxygen atoms in total. The number of hydrogen-bond acceptors (Lipinski definition) is 6. The first-order valence-corrected chi connectivity index (χ1v) is 7.76. The molecule has 2 rings (SSSR count). The number of morpholine rings is 1. The van der Waals surface area contributed by atoms with Crippen molar-refractivity contribution in [1.82, 2.24) is 15.3 Å². The number of rotatable bonds is 6. The Balaban J connectivity index is 1.88. The van der Waals surface area contributed by atoms with E-state index in [0.29, 0.717) is 19.0 Å². The molecule has 1 aromatic rings. The average Bonchev–Trinajstić information content (AvgIpc) is 2.51. The predicted octanol–water partition coefficient (Wildman–Crippen LogP) is 0.806. The standard InChI is InChI=1S/C15H25N5O2/c1-11(2)14(21)16-4-5-17-15-18-12(3)10-13(19-15)20-6-8-22-9-7-20/h10-11H,4-9H2,1-3H3,(H,16,21)(H,17,18,19). The van der Waals surface area contributed by atoms with Crippen molar-refractivity contribution in [2.24, 2.45) is 5.92 Å². The molecule has 1 aliphatic rings. The predicted molar refractivity (Wildman–Crippen MR) is 86.1 cm³/mol. The Bertz CT molecular complexity index is 501. The molecule has 1 fully saturated rings. The smallest absolute Gasteiger partial charge is 0.224 e. The van der Waals surface area contributed by atoms with Crippen LogP contribution in [0.25, 0.3) is 0 Å². The number of carbonyl (C=O) groups is 1. The normalized spacial score (nSPS) is 15.0. The van der Waals surface area contributed by atoms with Gasteiger partial charge in [0.05, 0.1) is 13.2 Å². The van der Waals surface area contributed by atoms with Crippen LogP contribution in [0.15, 0.2) is 6.07 Å². The number of aryl methyl sites for hydroxylation is 1. The van der Waals surface area contributed by atoms with Gasteiger partial charge in [-0.05, 0) is 6.92 Å². The molecule has 0 spiro atoms. The third-order valence-electron chi connectivity index (χ3n) is 3.41. The van der Waals surface area contributed by atoms with E-state index in [9.17, 15) is 4.79 Å². The lowest BCUT2D eigenvalue weighted by molar-refractivity contribution is -0.123. The molecule has 2 N–H and O–H groups in total. The monoisotopic (exact) mass is 307 g/mol. The fraction of sp³-hybridized carbons (Fsp3) is 0.667. The summed E-state index contributed by atoms with van der Waals surface area (Å²) in [6, 6.07) is 1.98. The Morgan fingerprint density at radius 2 is 2.05 bits per heavy atom. The SMILES string of the molecule is Cc1cc(N2CCOCC2)nc(NCCNC(=O)C(C)C)n1. The van der Waals surface area contributed by atoms with E-state index in [1.54, 1.807) is 0 Å². The Kier molecular flexibility index (Phi) is 5.94. The van der Waals surface area contributed by atoms with Gasteiger partial charge in [0.15, 0.2) is 0 Å². The van der Waals surface area contributed by atoms with E-state index >= 15 is 0 Å². The number of aromatic nitrogens is 2. The lowest BCUT2D eigenvalue weighted by atomic mass is 10.2. The van der Waals surface area contributed by atoms with E-state index in [1.807, 2.05) is 26.8 Å². The summed E-state index contributed by atoms with van der Waals surface area (Å²) in [5, 5.41) is 6.03. The Morgan fingerprint density at radius 1 is 1.32 bits per heavy atom. The Morgan fingerprint density at radius 3 is 2.73 bits per heavy atom. The number of anilines is 2. The van der Waals surface area contributed by atoms with Crippen LogP contribution < -0.4 is 15.5 Å². The van der Waals surface area contributed by atoms with Gasteiger partial charge in [-0.15, -0.1) is 0 Å². The van der Waals surface area contributed by atoms with Crippen LogP contribution in [0.1, 0.15) is 19.5 Å². The van der Waals surface area contributed by atoms with Crippen LogP contribution in [-0.2, 0) is 9.53 Å². The van der Waals surface area contributed by atoms with Crippen molar-refractivity contribution in [1.29, 1.82) is 0 Å². The fourth-order valence-corrected chi connectivity index (χ4v) is 2.15. The molecule has 0 saturated carbocycles. The van der Waals surface area contributed by atoms with E-state index in [0.717, 1.165) is 37.8 Å². The third kappa shape index (κ3) is 4.84. The summed E-state index contributed by atoms with van der Waals surface area (Å²) in [5.41, 5.74) is 0.921. The van der Waals surface area contributed by atoms with Crippen LogP contribution in [0.3, 0.4) is 0 Å². The molecule has 1 amide bonds. The minimum Gasteiger partial charge on any atom is -0.378 e. The van der Waals surface area contributed by atoms with Crippen LogP contribution in [0.4, 0.5) is 11.8 Å². The van der Waals surface area contributed by atoms with Gasteiger partial charge in [-0.2, -0.15) is 4.98 Å². The van der Waals surface area contributed by atoms with E-state index in [-0.39, 0.29) is 11.8 Å². The molecule has 122 valence electrons. The maximum absolute atomic E-state index is 11.5. The highest BCUT2D eigenvalue weighted by atomic mass is 16.5. The van der Waals surface area contributed by atoms with Gasteiger partial charge < -0.3 is 20.3 Å². The Labute approximate surface area is 131 Å². The Hall–Kier alpha value is -1.89. The summed E-state index contributed by atoms with van der Waals surface area (Å²) in [4.78, 5) is 22.6. The molecule has 0 aromatic carbocycles. The van der Waals surface area contributed by atoms with Gasteiger partial charge in [-0.25, -0.2) is 4.98 Å². The van der Waals surface area contributed by atoms with Crippen molar-refractivity contribution < 1.29 is 9.53 Å². The van der Waals surface area contributed by atoms with Crippen LogP contribution in [0.5, 0.6) is 0 Å². The van der Waals surface area contributed by atoms with Gasteiger partial charge in [-0.3, -0.25) is 4.79 Å². The summed E-state index contributed by atoms with van der Waals surface area (Å²) >= 11 is 0. The lowest BCUT2D eigenvalue weighted by Crippen LogP contribution is -2.37. The van der Waals surface area contributed by atoms with Crippen LogP contribution >= 0.6 is 0 Å². The number of carbonyl (C=O) groups excluding carboxylic acids is 1. The maximum Gasteiger partial charge on any atom is 0.224 e. The third-order valence-corrected chi connectivity index (χ3v) is 3.41. The summed E-state index contributed by atoms with van der Waals surface area (Å²) in [7, 11) is 0. The van der Waals surface area contributed by atoms with Gasteiger partial charge in [-0.1, -0.05) is 13.8 Å². The van der Waals surface area contributed by atoms with Crippen molar-refractivity contribution in [3.63, 3.8) is 0 Å². The van der Waals surface area contributed by atoms with Gasteiger partial charge >= 0.3 is 0 Å². The summed E-state index contributed by atoms with van der Waals surface area (Å²) in [6.45, 7) is 10.0. The molecule has 7 heteroatoms. The molecule has 1 aromatic heterocycles. The minimum atomic E-state index is 0.00291. The van der Waals surface area contributed by atoms with E-state index in [2.05, 4.69) is 25.5 Å². The van der Waals surface area contributed by atoms with Crippen LogP contribution in [0.2, 0.25) is 0 Å². The highest BCUT2D eigenvalue weighted by Gasteiger charge is 2.14. The quantitative estimate of drug-likeness (QED) is 0.757. The molecule has 0 aliphatic carbocycles. The summed E-state index contributed by atoms with van der Waals surface area (Å²) < 4.78 is 5.36. The largest absolute Gasteiger partial charge is 0.378 e. The maximum atomic E-state index is 11.5. The van der Waals surface area contributed by atoms with Crippen molar-refractivity contribution >= 4 is 17.7 Å². The number of amides is 1. The first kappa shape index (κ1) is 16.5. The van der Waals surface area contributed by atoms with Gasteiger partial charge in [0.25, 0.3) is 0 Å². The molecule has 0 radical (unpaired) electrons. The number of nitrogens with one attached hydrogen (secondary N) is 2. The first-order chi connectivity index (χ1) is 10.6. The number of ether oxygens (including phenoxy) is 1.